The van der Waals surface area contributed by atoms with Crippen LogP contribution in [0.1, 0.15) is 10.4 Å². The Morgan fingerprint density at radius 1 is 1.32 bits per heavy atom. The summed E-state index contributed by atoms with van der Waals surface area (Å²) in [6.07, 6.45) is 6.43. The molecule has 0 aliphatic carbocycles. The Morgan fingerprint density at radius 3 is 2.63 bits per heavy atom. The van der Waals surface area contributed by atoms with Crippen LogP contribution < -0.4 is 0 Å². The first-order valence-electron chi connectivity index (χ1n) is 5.59. The number of nitrogens with zero attached hydrogens (tertiary/aromatic N) is 2. The summed E-state index contributed by atoms with van der Waals surface area (Å²) >= 11 is 0. The summed E-state index contributed by atoms with van der Waals surface area (Å²) in [5.41, 5.74) is 0.941. The highest BCUT2D eigenvalue weighted by molar-refractivity contribution is 6.01. The molecule has 0 aliphatic heterocycles. The van der Waals surface area contributed by atoms with E-state index in [0.29, 0.717) is 5.56 Å². The van der Waals surface area contributed by atoms with Crippen LogP contribution in [0.15, 0.2) is 42.6 Å². The molecule has 0 saturated carbocycles. The zero-order chi connectivity index (χ0) is 13.8. The van der Waals surface area contributed by atoms with Crippen molar-refractivity contribution >= 4 is 5.91 Å². The maximum Gasteiger partial charge on any atom is 0.265 e. The number of benzene rings is 1. The van der Waals surface area contributed by atoms with Crippen LogP contribution in [0.25, 0.3) is 11.1 Å². The second-order valence-corrected chi connectivity index (χ2v) is 3.88. The van der Waals surface area contributed by atoms with Crippen molar-refractivity contribution in [1.82, 2.24) is 9.88 Å². The Morgan fingerprint density at radius 2 is 2.00 bits per heavy atom. The zero-order valence-corrected chi connectivity index (χ0v) is 10.3. The minimum atomic E-state index is -0.692. The molecule has 0 unspecified atom stereocenters. The van der Waals surface area contributed by atoms with Gasteiger partial charge in [0.25, 0.3) is 5.91 Å². The van der Waals surface area contributed by atoms with E-state index in [1.807, 2.05) is 6.07 Å². The van der Waals surface area contributed by atoms with Gasteiger partial charge in [-0.25, -0.2) is 4.98 Å². The summed E-state index contributed by atoms with van der Waals surface area (Å²) < 4.78 is 13.9. The smallest absolute Gasteiger partial charge is 0.265 e. The van der Waals surface area contributed by atoms with Crippen LogP contribution in [-0.4, -0.2) is 22.8 Å². The summed E-state index contributed by atoms with van der Waals surface area (Å²) in [7, 11) is 1.45. The van der Waals surface area contributed by atoms with Gasteiger partial charge in [-0.15, -0.1) is 0 Å². The van der Waals surface area contributed by atoms with E-state index in [1.54, 1.807) is 24.3 Å². The molecule has 0 atom stereocenters. The van der Waals surface area contributed by atoms with E-state index >= 15 is 0 Å². The standard InChI is InChI=1S/C15H11FN2O/c1-3-18(2)15(19)12-9-10-17-14(16)13(12)11-7-5-4-6-8-11/h1,4-10H,2H3. The molecule has 0 aliphatic rings. The minimum Gasteiger partial charge on any atom is -0.271 e. The van der Waals surface area contributed by atoms with Gasteiger partial charge >= 0.3 is 0 Å². The molecule has 4 heteroatoms. The fourth-order valence-corrected chi connectivity index (χ4v) is 1.73. The van der Waals surface area contributed by atoms with Gasteiger partial charge in [0.05, 0.1) is 5.56 Å². The van der Waals surface area contributed by atoms with E-state index in [0.717, 1.165) is 4.90 Å². The van der Waals surface area contributed by atoms with E-state index in [1.165, 1.54) is 19.3 Å². The Labute approximate surface area is 110 Å². The van der Waals surface area contributed by atoms with Crippen molar-refractivity contribution in [1.29, 1.82) is 0 Å². The molecule has 0 radical (unpaired) electrons. The molecule has 94 valence electrons. The maximum absolute atomic E-state index is 13.9. The molecule has 2 rings (SSSR count). The molecule has 0 spiro atoms. The van der Waals surface area contributed by atoms with Crippen LogP contribution >= 0.6 is 0 Å². The molecular weight excluding hydrogens is 243 g/mol. The predicted molar refractivity (Wildman–Crippen MR) is 70.6 cm³/mol. The Kier molecular flexibility index (Phi) is 3.58. The van der Waals surface area contributed by atoms with E-state index in [4.69, 9.17) is 6.42 Å². The Balaban J connectivity index is 2.62. The van der Waals surface area contributed by atoms with Crippen LogP contribution in [0.5, 0.6) is 0 Å². The quantitative estimate of drug-likeness (QED) is 0.469. The summed E-state index contributed by atoms with van der Waals surface area (Å²) in [5.74, 6) is -1.13. The average molecular weight is 254 g/mol. The van der Waals surface area contributed by atoms with Crippen molar-refractivity contribution < 1.29 is 9.18 Å². The third kappa shape index (κ3) is 2.45. The van der Waals surface area contributed by atoms with Gasteiger partial charge in [-0.05, 0) is 11.6 Å². The van der Waals surface area contributed by atoms with E-state index in [-0.39, 0.29) is 11.1 Å². The van der Waals surface area contributed by atoms with Gasteiger partial charge in [-0.1, -0.05) is 36.8 Å². The second-order valence-electron chi connectivity index (χ2n) is 3.88. The van der Waals surface area contributed by atoms with Crippen LogP contribution in [0.4, 0.5) is 4.39 Å². The fourth-order valence-electron chi connectivity index (χ4n) is 1.73. The summed E-state index contributed by atoms with van der Waals surface area (Å²) in [5, 5.41) is 0. The number of terminal acetylenes is 1. The molecule has 0 N–H and O–H groups in total. The van der Waals surface area contributed by atoms with E-state index < -0.39 is 11.9 Å². The lowest BCUT2D eigenvalue weighted by Crippen LogP contribution is -2.22. The first-order chi connectivity index (χ1) is 9.15. The lowest BCUT2D eigenvalue weighted by molar-refractivity contribution is 0.0861. The van der Waals surface area contributed by atoms with Crippen molar-refractivity contribution in [2.45, 2.75) is 0 Å². The Bertz CT molecular complexity index is 647. The van der Waals surface area contributed by atoms with Crippen LogP contribution in [0.3, 0.4) is 0 Å². The molecule has 0 fully saturated rings. The number of carbonyl (C=O) groups excluding carboxylic acids is 1. The van der Waals surface area contributed by atoms with Gasteiger partial charge in [-0.3, -0.25) is 9.69 Å². The Hall–Kier alpha value is -2.67. The largest absolute Gasteiger partial charge is 0.271 e. The number of pyridine rings is 1. The molecular formula is C15H11FN2O. The number of amides is 1. The highest BCUT2D eigenvalue weighted by Crippen LogP contribution is 2.26. The summed E-state index contributed by atoms with van der Waals surface area (Å²) in [6.45, 7) is 0. The van der Waals surface area contributed by atoms with Crippen molar-refractivity contribution in [2.75, 3.05) is 7.05 Å². The van der Waals surface area contributed by atoms with E-state index in [9.17, 15) is 9.18 Å². The molecule has 1 aromatic carbocycles. The maximum atomic E-state index is 13.9. The van der Waals surface area contributed by atoms with Gasteiger partial charge in [0.15, 0.2) is 0 Å². The molecule has 19 heavy (non-hydrogen) atoms. The first kappa shape index (κ1) is 12.8. The number of carbonyl (C=O) groups is 1. The summed E-state index contributed by atoms with van der Waals surface area (Å²) in [6, 6.07) is 12.4. The molecule has 3 nitrogen and oxygen atoms in total. The third-order valence-corrected chi connectivity index (χ3v) is 2.70. The fraction of sp³-hybridized carbons (Fsp3) is 0.0667. The van der Waals surface area contributed by atoms with Crippen molar-refractivity contribution in [2.24, 2.45) is 0 Å². The van der Waals surface area contributed by atoms with Crippen molar-refractivity contribution in [3.63, 3.8) is 0 Å². The number of halogens is 1. The van der Waals surface area contributed by atoms with Gasteiger partial charge in [0, 0.05) is 24.9 Å². The van der Waals surface area contributed by atoms with Crippen LogP contribution in [0, 0.1) is 18.4 Å². The van der Waals surface area contributed by atoms with Gasteiger partial charge < -0.3 is 0 Å². The lowest BCUT2D eigenvalue weighted by atomic mass is 10.0. The number of hydrogen-bond acceptors (Lipinski definition) is 2. The molecule has 1 aromatic heterocycles. The number of hydrogen-bond donors (Lipinski definition) is 0. The topological polar surface area (TPSA) is 33.2 Å². The lowest BCUT2D eigenvalue weighted by Gasteiger charge is -2.13. The van der Waals surface area contributed by atoms with Gasteiger partial charge in [0.1, 0.15) is 0 Å². The molecule has 1 heterocycles. The van der Waals surface area contributed by atoms with E-state index in [2.05, 4.69) is 11.0 Å². The molecule has 0 saturated heterocycles. The zero-order valence-electron chi connectivity index (χ0n) is 10.3. The molecule has 2 aromatic rings. The van der Waals surface area contributed by atoms with Gasteiger partial charge in [0.2, 0.25) is 5.95 Å². The average Bonchev–Trinajstić information content (AvgIpc) is 2.46. The van der Waals surface area contributed by atoms with Crippen molar-refractivity contribution in [3.8, 4) is 23.6 Å². The highest BCUT2D eigenvalue weighted by atomic mass is 19.1. The number of rotatable bonds is 2. The predicted octanol–water partition coefficient (Wildman–Crippen LogP) is 2.55. The van der Waals surface area contributed by atoms with Crippen molar-refractivity contribution in [3.05, 3.63) is 54.1 Å². The summed E-state index contributed by atoms with van der Waals surface area (Å²) in [4.78, 5) is 16.8. The number of aromatic nitrogens is 1. The third-order valence-electron chi connectivity index (χ3n) is 2.70. The van der Waals surface area contributed by atoms with Crippen LogP contribution in [-0.2, 0) is 0 Å². The van der Waals surface area contributed by atoms with Gasteiger partial charge in [-0.2, -0.15) is 4.39 Å². The van der Waals surface area contributed by atoms with Crippen LogP contribution in [0.2, 0.25) is 0 Å². The normalized spacial score (nSPS) is 9.74. The molecule has 1 amide bonds. The molecule has 0 bridgehead atoms. The highest BCUT2D eigenvalue weighted by Gasteiger charge is 2.19. The SMILES string of the molecule is C#CN(C)C(=O)c1ccnc(F)c1-c1ccccc1. The first-order valence-corrected chi connectivity index (χ1v) is 5.59. The monoisotopic (exact) mass is 254 g/mol. The minimum absolute atomic E-state index is 0.162. The second kappa shape index (κ2) is 5.32.